The summed E-state index contributed by atoms with van der Waals surface area (Å²) in [5.41, 5.74) is 7.94. The molecule has 1 aromatic carbocycles. The Morgan fingerprint density at radius 3 is 2.53 bits per heavy atom. The molecule has 0 radical (unpaired) electrons. The number of benzene rings is 1. The number of fused-ring (bicyclic) bond motifs is 9. The lowest BCUT2D eigenvalue weighted by Crippen LogP contribution is -2.64. The van der Waals surface area contributed by atoms with Crippen LogP contribution in [0.2, 0.25) is 0 Å². The number of hydrogen-bond donors (Lipinski definition) is 7. The van der Waals surface area contributed by atoms with E-state index in [2.05, 4.69) is 54.1 Å². The van der Waals surface area contributed by atoms with Crippen molar-refractivity contribution in [2.75, 3.05) is 6.54 Å². The van der Waals surface area contributed by atoms with Gasteiger partial charge in [0.05, 0.1) is 24.3 Å². The third-order valence-electron chi connectivity index (χ3n) is 12.9. The molecule has 1 spiro atoms. The number of rotatable bonds is 2. The fraction of sp³-hybridized carbons (Fsp3) is 0.811. The Hall–Kier alpha value is -1.55. The van der Waals surface area contributed by atoms with Crippen LogP contribution in [0.5, 0.6) is 0 Å². The molecule has 11 atom stereocenters. The molecule has 0 amide bonds. The van der Waals surface area contributed by atoms with Crippen molar-refractivity contribution in [1.82, 2.24) is 16.0 Å². The molecule has 0 aromatic heterocycles. The number of carboxylic acid groups (broad SMARTS) is 1. The highest BCUT2D eigenvalue weighted by molar-refractivity contribution is 5.68. The molecule has 5 aliphatic rings. The summed E-state index contributed by atoms with van der Waals surface area (Å²) in [5.74, 6) is 1.80. The number of aliphatic hydroxyl groups is 2. The Balaban J connectivity index is 1.25. The van der Waals surface area contributed by atoms with Gasteiger partial charge in [0, 0.05) is 29.7 Å². The topological polar surface area (TPSA) is 140 Å². The number of nitrogens with two attached hydrogens (primary N) is 1. The van der Waals surface area contributed by atoms with Gasteiger partial charge in [0.2, 0.25) is 0 Å². The van der Waals surface area contributed by atoms with Crippen LogP contribution < -0.4 is 21.7 Å². The number of nitrogens with one attached hydrogen (secondary N) is 3. The molecule has 8 N–H and O–H groups in total. The minimum Gasteiger partial charge on any atom is -0.481 e. The molecule has 6 bridgehead atoms. The Bertz CT molecular complexity index is 1180. The van der Waals surface area contributed by atoms with Crippen LogP contribution in [0, 0.1) is 23.7 Å². The largest absolute Gasteiger partial charge is 0.481 e. The van der Waals surface area contributed by atoms with Crippen molar-refractivity contribution >= 4 is 5.97 Å². The first-order chi connectivity index (χ1) is 21.4. The van der Waals surface area contributed by atoms with Gasteiger partial charge in [-0.05, 0) is 126 Å². The fourth-order valence-corrected chi connectivity index (χ4v) is 10.7. The van der Waals surface area contributed by atoms with Gasteiger partial charge in [0.1, 0.15) is 0 Å². The number of β-amino-alcohol motifs (C(OH)–C–C–N with tert-alkyl or cyclic N) is 1. The van der Waals surface area contributed by atoms with E-state index in [0.29, 0.717) is 24.2 Å². The van der Waals surface area contributed by atoms with Crippen LogP contribution >= 0.6 is 0 Å². The van der Waals surface area contributed by atoms with Gasteiger partial charge >= 0.3 is 5.97 Å². The molecule has 2 saturated heterocycles. The van der Waals surface area contributed by atoms with Crippen molar-refractivity contribution < 1.29 is 20.1 Å². The van der Waals surface area contributed by atoms with E-state index in [0.717, 1.165) is 63.7 Å². The number of aliphatic carboxylic acids is 1. The third-order valence-corrected chi connectivity index (χ3v) is 12.9. The minimum atomic E-state index is -1.27. The number of hydrogen-bond acceptors (Lipinski definition) is 7. The van der Waals surface area contributed by atoms with Crippen molar-refractivity contribution in [2.24, 2.45) is 29.4 Å². The minimum absolute atomic E-state index is 0.158. The normalized spacial score (nSPS) is 44.7. The Morgan fingerprint density at radius 1 is 1.00 bits per heavy atom. The SMILES string of the molecule is C[C@H]1N[C@@]2(CC[C@@H]3C[C@@H]2C[C@H]2Cc4cccc(c4)C[C@@H]4C[C@@](C)(C[C@@H](N)N4)NC[C@](O)(CC(=O)O)CCCCC[C@@H]32)CC[C@H]1O. The van der Waals surface area contributed by atoms with Crippen molar-refractivity contribution in [3.05, 3.63) is 35.4 Å². The molecule has 45 heavy (non-hydrogen) atoms. The van der Waals surface area contributed by atoms with Gasteiger partial charge in [-0.2, -0.15) is 0 Å². The molecular weight excluding hydrogens is 564 g/mol. The highest BCUT2D eigenvalue weighted by atomic mass is 16.4. The van der Waals surface area contributed by atoms with Crippen LogP contribution in [0.3, 0.4) is 0 Å². The maximum absolute atomic E-state index is 11.8. The molecule has 0 unspecified atom stereocenters. The summed E-state index contributed by atoms with van der Waals surface area (Å²) in [7, 11) is 0. The summed E-state index contributed by atoms with van der Waals surface area (Å²) in [5, 5.41) is 42.9. The lowest BCUT2D eigenvalue weighted by atomic mass is 9.53. The van der Waals surface area contributed by atoms with Crippen LogP contribution in [0.1, 0.15) is 115 Å². The van der Waals surface area contributed by atoms with E-state index >= 15 is 0 Å². The second-order valence-corrected chi connectivity index (χ2v) is 16.5. The van der Waals surface area contributed by atoms with Gasteiger partial charge < -0.3 is 31.7 Å². The summed E-state index contributed by atoms with van der Waals surface area (Å²) in [6.07, 6.45) is 14.7. The first kappa shape index (κ1) is 33.4. The number of piperidine rings is 2. The molecule has 3 heterocycles. The zero-order valence-corrected chi connectivity index (χ0v) is 27.8. The Morgan fingerprint density at radius 2 is 1.76 bits per heavy atom. The summed E-state index contributed by atoms with van der Waals surface area (Å²) >= 11 is 0. The standard InChI is InChI=1S/C37H60N4O4/c1-24-32(42)11-14-37(41-24)13-10-27-18-29(37)19-28-16-25-7-6-8-26(15-25)17-30-20-35(2,21-33(38)40-30)39-23-36(45,22-34(43)44)12-5-3-4-9-31(27)28/h6-8,15,24,27-33,39-42,45H,3-5,9-14,16-23,38H2,1-2H3,(H,43,44)/t24-,27-,28-,29-,30-,31+,32-,33+,35+,36-,37+/m1/s1. The highest BCUT2D eigenvalue weighted by Gasteiger charge is 2.52. The molecule has 1 aromatic rings. The summed E-state index contributed by atoms with van der Waals surface area (Å²) in [6.45, 7) is 4.60. The molecule has 8 nitrogen and oxygen atoms in total. The van der Waals surface area contributed by atoms with Gasteiger partial charge in [0.15, 0.2) is 0 Å². The molecule has 2 saturated carbocycles. The Kier molecular flexibility index (Phi) is 10.0. The van der Waals surface area contributed by atoms with E-state index in [9.17, 15) is 20.1 Å². The van der Waals surface area contributed by atoms with Gasteiger partial charge in [-0.3, -0.25) is 10.1 Å². The predicted molar refractivity (Wildman–Crippen MR) is 178 cm³/mol. The first-order valence-corrected chi connectivity index (χ1v) is 18.2. The van der Waals surface area contributed by atoms with Crippen LogP contribution in [0.15, 0.2) is 24.3 Å². The molecule has 6 rings (SSSR count). The Labute approximate surface area is 270 Å². The van der Waals surface area contributed by atoms with E-state index in [4.69, 9.17) is 5.73 Å². The van der Waals surface area contributed by atoms with E-state index < -0.39 is 11.6 Å². The molecule has 2 aliphatic carbocycles. The van der Waals surface area contributed by atoms with Crippen LogP contribution in [-0.4, -0.2) is 68.9 Å². The quantitative estimate of drug-likeness (QED) is 0.259. The van der Waals surface area contributed by atoms with E-state index in [1.54, 1.807) is 0 Å². The van der Waals surface area contributed by atoms with Crippen molar-refractivity contribution in [3.8, 4) is 0 Å². The first-order valence-electron chi connectivity index (χ1n) is 18.2. The predicted octanol–water partition coefficient (Wildman–Crippen LogP) is 4.25. The molecular formula is C37H60N4O4. The van der Waals surface area contributed by atoms with Crippen LogP contribution in [0.4, 0.5) is 0 Å². The van der Waals surface area contributed by atoms with Crippen LogP contribution in [0.25, 0.3) is 0 Å². The van der Waals surface area contributed by atoms with Crippen molar-refractivity contribution in [3.63, 3.8) is 0 Å². The average Bonchev–Trinajstić information content (AvgIpc) is 2.96. The third kappa shape index (κ3) is 7.79. The second-order valence-electron chi connectivity index (χ2n) is 16.5. The van der Waals surface area contributed by atoms with E-state index in [1.807, 2.05) is 0 Å². The molecule has 3 aliphatic heterocycles. The smallest absolute Gasteiger partial charge is 0.306 e. The van der Waals surface area contributed by atoms with Crippen molar-refractivity contribution in [1.29, 1.82) is 0 Å². The highest BCUT2D eigenvalue weighted by Crippen LogP contribution is 2.54. The van der Waals surface area contributed by atoms with Gasteiger partial charge in [-0.25, -0.2) is 0 Å². The van der Waals surface area contributed by atoms with Crippen molar-refractivity contribution in [2.45, 2.75) is 158 Å². The summed E-state index contributed by atoms with van der Waals surface area (Å²) in [6, 6.07) is 9.63. The number of aliphatic hydroxyl groups excluding tert-OH is 1. The average molecular weight is 625 g/mol. The number of carboxylic acids is 1. The second kappa shape index (κ2) is 13.5. The maximum Gasteiger partial charge on any atom is 0.306 e. The maximum atomic E-state index is 11.8. The number of carbonyl (C=O) groups is 1. The van der Waals surface area contributed by atoms with E-state index in [-0.39, 0.29) is 48.4 Å². The van der Waals surface area contributed by atoms with Gasteiger partial charge in [-0.1, -0.05) is 43.5 Å². The fourth-order valence-electron chi connectivity index (χ4n) is 10.7. The zero-order chi connectivity index (χ0) is 31.8. The lowest BCUT2D eigenvalue weighted by Gasteiger charge is -2.58. The molecule has 4 fully saturated rings. The molecule has 8 heteroatoms. The molecule has 252 valence electrons. The monoisotopic (exact) mass is 624 g/mol. The van der Waals surface area contributed by atoms with Crippen LogP contribution in [-0.2, 0) is 17.6 Å². The van der Waals surface area contributed by atoms with Gasteiger partial charge in [0.25, 0.3) is 0 Å². The van der Waals surface area contributed by atoms with E-state index in [1.165, 1.54) is 43.2 Å². The zero-order valence-electron chi connectivity index (χ0n) is 27.8. The van der Waals surface area contributed by atoms with Gasteiger partial charge in [-0.15, -0.1) is 0 Å². The lowest BCUT2D eigenvalue weighted by molar-refractivity contribution is -0.143. The summed E-state index contributed by atoms with van der Waals surface area (Å²) in [4.78, 5) is 11.8. The summed E-state index contributed by atoms with van der Waals surface area (Å²) < 4.78 is 0.